The van der Waals surface area contributed by atoms with Crippen LogP contribution < -0.4 is 20.1 Å². The third kappa shape index (κ3) is 4.82. The summed E-state index contributed by atoms with van der Waals surface area (Å²) in [6.07, 6.45) is 4.58. The van der Waals surface area contributed by atoms with Crippen LogP contribution in [0.5, 0.6) is 11.5 Å². The summed E-state index contributed by atoms with van der Waals surface area (Å²) in [6.45, 7) is 0.430. The quantitative estimate of drug-likeness (QED) is 0.579. The summed E-state index contributed by atoms with van der Waals surface area (Å²) in [4.78, 5) is 28.2. The van der Waals surface area contributed by atoms with Crippen LogP contribution in [-0.2, 0) is 9.59 Å². The molecule has 0 bridgehead atoms. The van der Waals surface area contributed by atoms with Crippen molar-refractivity contribution in [2.24, 2.45) is 0 Å². The molecule has 148 valence electrons. The maximum Gasteiger partial charge on any atom is 0.244 e. The summed E-state index contributed by atoms with van der Waals surface area (Å²) in [5.41, 5.74) is 1.61. The average molecular weight is 411 g/mol. The zero-order valence-corrected chi connectivity index (χ0v) is 16.0. The predicted octanol–water partition coefficient (Wildman–Crippen LogP) is 3.29. The highest BCUT2D eigenvalue weighted by atomic mass is 32.1. The molecule has 1 aromatic carbocycles. The van der Waals surface area contributed by atoms with Gasteiger partial charge in [-0.05, 0) is 36.4 Å². The van der Waals surface area contributed by atoms with Crippen molar-refractivity contribution in [3.63, 3.8) is 0 Å². The second-order valence-electron chi connectivity index (χ2n) is 6.04. The molecule has 29 heavy (non-hydrogen) atoms. The van der Waals surface area contributed by atoms with Crippen molar-refractivity contribution in [2.45, 2.75) is 6.42 Å². The molecule has 8 nitrogen and oxygen atoms in total. The maximum absolute atomic E-state index is 12.1. The molecule has 1 aliphatic rings. The number of ether oxygens (including phenoxy) is 2. The van der Waals surface area contributed by atoms with Gasteiger partial charge < -0.3 is 24.5 Å². The summed E-state index contributed by atoms with van der Waals surface area (Å²) in [6, 6.07) is 9.05. The van der Waals surface area contributed by atoms with E-state index in [-0.39, 0.29) is 31.6 Å². The number of thiazole rings is 1. The Morgan fingerprint density at radius 1 is 1.21 bits per heavy atom. The van der Waals surface area contributed by atoms with E-state index in [9.17, 15) is 9.59 Å². The fraction of sp³-hybridized carbons (Fsp3) is 0.150. The highest BCUT2D eigenvalue weighted by Gasteiger charge is 2.15. The zero-order valence-electron chi connectivity index (χ0n) is 15.2. The van der Waals surface area contributed by atoms with Crippen LogP contribution in [0.15, 0.2) is 52.5 Å². The molecule has 2 N–H and O–H groups in total. The number of carbonyl (C=O) groups excluding carboxylic acids is 2. The highest BCUT2D eigenvalue weighted by Crippen LogP contribution is 2.36. The number of hydrogen-bond donors (Lipinski definition) is 2. The first-order valence-electron chi connectivity index (χ1n) is 8.82. The number of nitrogens with zero attached hydrogens (tertiary/aromatic N) is 1. The molecule has 0 aliphatic carbocycles. The molecule has 4 rings (SSSR count). The Hall–Kier alpha value is -3.59. The molecule has 0 atom stereocenters. The average Bonchev–Trinajstić information content (AvgIpc) is 3.47. The first-order valence-corrected chi connectivity index (χ1v) is 9.70. The number of aromatic nitrogens is 1. The van der Waals surface area contributed by atoms with E-state index in [1.54, 1.807) is 18.2 Å². The van der Waals surface area contributed by atoms with Gasteiger partial charge in [0.05, 0.1) is 12.0 Å². The highest BCUT2D eigenvalue weighted by molar-refractivity contribution is 7.14. The van der Waals surface area contributed by atoms with Gasteiger partial charge in [-0.25, -0.2) is 4.98 Å². The third-order valence-corrected chi connectivity index (χ3v) is 4.77. The molecule has 0 fully saturated rings. The van der Waals surface area contributed by atoms with Crippen LogP contribution in [0.1, 0.15) is 12.2 Å². The molecule has 2 aromatic heterocycles. The van der Waals surface area contributed by atoms with Crippen LogP contribution in [0.4, 0.5) is 5.13 Å². The van der Waals surface area contributed by atoms with Gasteiger partial charge in [0, 0.05) is 30.0 Å². The van der Waals surface area contributed by atoms with E-state index >= 15 is 0 Å². The number of furan rings is 1. The minimum absolute atomic E-state index is 0.138. The summed E-state index contributed by atoms with van der Waals surface area (Å²) >= 11 is 1.33. The number of rotatable bonds is 7. The Balaban J connectivity index is 1.24. The zero-order chi connectivity index (χ0) is 20.1. The van der Waals surface area contributed by atoms with E-state index in [2.05, 4.69) is 15.6 Å². The summed E-state index contributed by atoms with van der Waals surface area (Å²) in [5, 5.41) is 7.73. The van der Waals surface area contributed by atoms with Crippen LogP contribution in [0.2, 0.25) is 0 Å². The fourth-order valence-corrected chi connectivity index (χ4v) is 3.34. The molecule has 0 spiro atoms. The van der Waals surface area contributed by atoms with Crippen molar-refractivity contribution < 1.29 is 23.5 Å². The van der Waals surface area contributed by atoms with Crippen molar-refractivity contribution in [3.8, 4) is 22.8 Å². The van der Waals surface area contributed by atoms with Gasteiger partial charge >= 0.3 is 0 Å². The van der Waals surface area contributed by atoms with Gasteiger partial charge in [-0.3, -0.25) is 9.59 Å². The SMILES string of the molecule is O=C(/C=C/c1ccco1)NCCC(=O)Nc1nc(-c2ccc3c(c2)OCO3)cs1. The normalized spacial score (nSPS) is 12.3. The number of hydrogen-bond acceptors (Lipinski definition) is 7. The van der Waals surface area contributed by atoms with Gasteiger partial charge in [-0.1, -0.05) is 0 Å². The van der Waals surface area contributed by atoms with Gasteiger partial charge in [0.1, 0.15) is 5.76 Å². The molecular formula is C20H17N3O5S. The predicted molar refractivity (Wildman–Crippen MR) is 108 cm³/mol. The van der Waals surface area contributed by atoms with Gasteiger partial charge in [0.15, 0.2) is 16.6 Å². The Labute approximate surface area is 170 Å². The molecule has 0 radical (unpaired) electrons. The van der Waals surface area contributed by atoms with Gasteiger partial charge in [-0.15, -0.1) is 11.3 Å². The van der Waals surface area contributed by atoms with E-state index in [1.807, 2.05) is 23.6 Å². The number of amides is 2. The minimum atomic E-state index is -0.298. The lowest BCUT2D eigenvalue weighted by atomic mass is 10.1. The lowest BCUT2D eigenvalue weighted by Crippen LogP contribution is -2.26. The number of anilines is 1. The number of nitrogens with one attached hydrogen (secondary N) is 2. The third-order valence-electron chi connectivity index (χ3n) is 4.01. The summed E-state index contributed by atoms with van der Waals surface area (Å²) in [5.74, 6) is 1.44. The Morgan fingerprint density at radius 2 is 2.10 bits per heavy atom. The minimum Gasteiger partial charge on any atom is -0.465 e. The van der Waals surface area contributed by atoms with Crippen LogP contribution in [0.3, 0.4) is 0 Å². The standard InChI is InChI=1S/C20H17N3O5S/c24-18(6-4-14-2-1-9-26-14)21-8-7-19(25)23-20-22-15(11-29-20)13-3-5-16-17(10-13)28-12-27-16/h1-6,9-11H,7-8,12H2,(H,21,24)(H,22,23,25)/b6-4+. The second-order valence-corrected chi connectivity index (χ2v) is 6.90. The van der Waals surface area contributed by atoms with E-state index in [0.29, 0.717) is 22.4 Å². The second kappa shape index (κ2) is 8.61. The lowest BCUT2D eigenvalue weighted by molar-refractivity contribution is -0.117. The van der Waals surface area contributed by atoms with Crippen molar-refractivity contribution >= 4 is 34.4 Å². The van der Waals surface area contributed by atoms with Crippen molar-refractivity contribution in [1.29, 1.82) is 0 Å². The molecule has 3 aromatic rings. The van der Waals surface area contributed by atoms with Crippen molar-refractivity contribution in [2.75, 3.05) is 18.7 Å². The van der Waals surface area contributed by atoms with E-state index in [4.69, 9.17) is 13.9 Å². The number of benzene rings is 1. The van der Waals surface area contributed by atoms with Gasteiger partial charge in [-0.2, -0.15) is 0 Å². The lowest BCUT2D eigenvalue weighted by Gasteiger charge is -2.03. The first-order chi connectivity index (χ1) is 14.2. The smallest absolute Gasteiger partial charge is 0.244 e. The molecule has 3 heterocycles. The first kappa shape index (κ1) is 18.8. The topological polar surface area (TPSA) is 103 Å². The molecule has 1 aliphatic heterocycles. The van der Waals surface area contributed by atoms with Gasteiger partial charge in [0.2, 0.25) is 18.6 Å². The maximum atomic E-state index is 12.1. The number of carbonyl (C=O) groups is 2. The van der Waals surface area contributed by atoms with Crippen molar-refractivity contribution in [3.05, 3.63) is 53.8 Å². The molecule has 0 unspecified atom stereocenters. The Bertz CT molecular complexity index is 1040. The van der Waals surface area contributed by atoms with Gasteiger partial charge in [0.25, 0.3) is 0 Å². The summed E-state index contributed by atoms with van der Waals surface area (Å²) < 4.78 is 15.8. The van der Waals surface area contributed by atoms with E-state index in [1.165, 1.54) is 23.7 Å². The summed E-state index contributed by atoms with van der Waals surface area (Å²) in [7, 11) is 0. The molecule has 0 saturated heterocycles. The van der Waals surface area contributed by atoms with E-state index < -0.39 is 0 Å². The van der Waals surface area contributed by atoms with Crippen LogP contribution in [-0.4, -0.2) is 30.1 Å². The van der Waals surface area contributed by atoms with E-state index in [0.717, 1.165) is 11.3 Å². The number of fused-ring (bicyclic) bond motifs is 1. The molecular weight excluding hydrogens is 394 g/mol. The Morgan fingerprint density at radius 3 is 2.97 bits per heavy atom. The van der Waals surface area contributed by atoms with Crippen LogP contribution >= 0.6 is 11.3 Å². The molecule has 2 amide bonds. The van der Waals surface area contributed by atoms with Crippen molar-refractivity contribution in [1.82, 2.24) is 10.3 Å². The molecule has 9 heteroatoms. The monoisotopic (exact) mass is 411 g/mol. The fourth-order valence-electron chi connectivity index (χ4n) is 2.60. The van der Waals surface area contributed by atoms with Crippen LogP contribution in [0, 0.1) is 0 Å². The van der Waals surface area contributed by atoms with Crippen LogP contribution in [0.25, 0.3) is 17.3 Å². The largest absolute Gasteiger partial charge is 0.465 e. The Kier molecular flexibility index (Phi) is 5.57. The molecule has 0 saturated carbocycles.